The first kappa shape index (κ1) is 17.2. The summed E-state index contributed by atoms with van der Waals surface area (Å²) in [5, 5.41) is 6.55. The number of hydrogen-bond acceptors (Lipinski definition) is 6. The van der Waals surface area contributed by atoms with Gasteiger partial charge < -0.3 is 9.64 Å². The van der Waals surface area contributed by atoms with Crippen molar-refractivity contribution < 1.29 is 9.53 Å². The van der Waals surface area contributed by atoms with E-state index < -0.39 is 0 Å². The summed E-state index contributed by atoms with van der Waals surface area (Å²) in [5.74, 6) is 0.462. The van der Waals surface area contributed by atoms with Crippen molar-refractivity contribution in [2.24, 2.45) is 5.10 Å². The molecule has 6 nitrogen and oxygen atoms in total. The Hall–Kier alpha value is -3.19. The van der Waals surface area contributed by atoms with Crippen LogP contribution in [0, 0.1) is 0 Å². The third-order valence-corrected chi connectivity index (χ3v) is 5.10. The van der Waals surface area contributed by atoms with Gasteiger partial charge in [-0.3, -0.25) is 4.79 Å². The molecule has 4 rings (SSSR count). The van der Waals surface area contributed by atoms with Crippen LogP contribution < -0.4 is 9.75 Å². The van der Waals surface area contributed by atoms with Gasteiger partial charge in [0.05, 0.1) is 22.9 Å². The van der Waals surface area contributed by atoms with Crippen LogP contribution in [0.3, 0.4) is 0 Å². The van der Waals surface area contributed by atoms with Crippen LogP contribution in [0.15, 0.2) is 65.4 Å². The van der Waals surface area contributed by atoms with Crippen molar-refractivity contribution in [2.75, 3.05) is 26.2 Å². The van der Waals surface area contributed by atoms with Crippen LogP contribution >= 0.6 is 11.3 Å². The lowest BCUT2D eigenvalue weighted by atomic mass is 10.0. The number of nitrogens with zero attached hydrogens (tertiary/aromatic N) is 4. The summed E-state index contributed by atoms with van der Waals surface area (Å²) in [5.41, 5.74) is 2.70. The SMILES string of the molecule is COc1ccccc1C1=NN(c2nc3ccccc3s2)C(=O)/C1=C/N(C)C. The van der Waals surface area contributed by atoms with Gasteiger partial charge >= 0.3 is 0 Å². The van der Waals surface area contributed by atoms with E-state index in [-0.39, 0.29) is 5.91 Å². The number of hydrogen-bond donors (Lipinski definition) is 0. The molecule has 7 heteroatoms. The second-order valence-corrected chi connectivity index (χ2v) is 7.25. The molecule has 136 valence electrons. The number of carbonyl (C=O) groups is 1. The average molecular weight is 378 g/mol. The van der Waals surface area contributed by atoms with Gasteiger partial charge in [0.25, 0.3) is 5.91 Å². The molecule has 27 heavy (non-hydrogen) atoms. The van der Waals surface area contributed by atoms with E-state index in [0.29, 0.717) is 22.2 Å². The predicted octanol–water partition coefficient (Wildman–Crippen LogP) is 3.50. The maximum atomic E-state index is 13.1. The van der Waals surface area contributed by atoms with E-state index in [4.69, 9.17) is 4.74 Å². The molecule has 1 amide bonds. The van der Waals surface area contributed by atoms with Crippen LogP contribution in [-0.2, 0) is 4.79 Å². The number of fused-ring (bicyclic) bond motifs is 1. The van der Waals surface area contributed by atoms with Gasteiger partial charge in [-0.05, 0) is 24.3 Å². The average Bonchev–Trinajstić information content (AvgIpc) is 3.23. The smallest absolute Gasteiger partial charge is 0.284 e. The largest absolute Gasteiger partial charge is 0.496 e. The fraction of sp³-hybridized carbons (Fsp3) is 0.150. The van der Waals surface area contributed by atoms with Crippen LogP contribution in [-0.4, -0.2) is 42.7 Å². The molecule has 0 spiro atoms. The molecular formula is C20H18N4O2S. The van der Waals surface area contributed by atoms with E-state index in [9.17, 15) is 4.79 Å². The Kier molecular flexibility index (Phi) is 4.37. The lowest BCUT2D eigenvalue weighted by Gasteiger charge is -2.10. The number of carbonyl (C=O) groups excluding carboxylic acids is 1. The Morgan fingerprint density at radius 1 is 1.11 bits per heavy atom. The highest BCUT2D eigenvalue weighted by Crippen LogP contribution is 2.34. The zero-order valence-corrected chi connectivity index (χ0v) is 16.0. The molecule has 0 atom stereocenters. The minimum Gasteiger partial charge on any atom is -0.496 e. The quantitative estimate of drug-likeness (QED) is 0.652. The van der Waals surface area contributed by atoms with E-state index in [1.54, 1.807) is 13.3 Å². The third-order valence-electron chi connectivity index (χ3n) is 4.09. The van der Waals surface area contributed by atoms with Crippen molar-refractivity contribution in [3.63, 3.8) is 0 Å². The van der Waals surface area contributed by atoms with Gasteiger partial charge in [-0.15, -0.1) is 0 Å². The summed E-state index contributed by atoms with van der Waals surface area (Å²) in [6.07, 6.45) is 1.78. The van der Waals surface area contributed by atoms with Gasteiger partial charge in [-0.25, -0.2) is 4.98 Å². The topological polar surface area (TPSA) is 58.0 Å². The lowest BCUT2D eigenvalue weighted by molar-refractivity contribution is -0.114. The molecule has 2 aromatic carbocycles. The zero-order chi connectivity index (χ0) is 19.0. The summed E-state index contributed by atoms with van der Waals surface area (Å²) < 4.78 is 6.48. The Morgan fingerprint density at radius 3 is 2.59 bits per heavy atom. The third kappa shape index (κ3) is 3.06. The monoisotopic (exact) mass is 378 g/mol. The fourth-order valence-corrected chi connectivity index (χ4v) is 3.82. The van der Waals surface area contributed by atoms with Crippen LogP contribution in [0.5, 0.6) is 5.75 Å². The molecule has 3 aromatic rings. The Bertz CT molecular complexity index is 1050. The highest BCUT2D eigenvalue weighted by Gasteiger charge is 2.35. The maximum absolute atomic E-state index is 13.1. The van der Waals surface area contributed by atoms with Crippen LogP contribution in [0.25, 0.3) is 10.2 Å². The first-order valence-corrected chi connectivity index (χ1v) is 9.21. The minimum absolute atomic E-state index is 0.205. The second kappa shape index (κ2) is 6.85. The molecular weight excluding hydrogens is 360 g/mol. The molecule has 1 aliphatic rings. The van der Waals surface area contributed by atoms with Gasteiger partial charge in [-0.2, -0.15) is 10.1 Å². The first-order valence-electron chi connectivity index (χ1n) is 8.39. The van der Waals surface area contributed by atoms with Crippen molar-refractivity contribution in [3.05, 3.63) is 65.9 Å². The summed E-state index contributed by atoms with van der Waals surface area (Å²) in [4.78, 5) is 19.6. The normalized spacial score (nSPS) is 15.5. The van der Waals surface area contributed by atoms with E-state index >= 15 is 0 Å². The number of anilines is 1. The molecule has 0 saturated carbocycles. The molecule has 0 fully saturated rings. The molecule has 0 bridgehead atoms. The molecule has 1 aromatic heterocycles. The van der Waals surface area contributed by atoms with Gasteiger partial charge in [0.1, 0.15) is 11.5 Å². The van der Waals surface area contributed by atoms with Gasteiger partial charge in [0.2, 0.25) is 5.13 Å². The molecule has 0 saturated heterocycles. The van der Waals surface area contributed by atoms with Crippen LogP contribution in [0.1, 0.15) is 5.56 Å². The Morgan fingerprint density at radius 2 is 1.85 bits per heavy atom. The molecule has 0 N–H and O–H groups in total. The molecule has 2 heterocycles. The van der Waals surface area contributed by atoms with Crippen molar-refractivity contribution in [1.82, 2.24) is 9.88 Å². The predicted molar refractivity (Wildman–Crippen MR) is 108 cm³/mol. The number of amides is 1. The molecule has 0 unspecified atom stereocenters. The standard InChI is InChI=1S/C20H18N4O2S/c1-23(2)12-14-18(13-8-4-6-10-16(13)26-3)22-24(19(14)25)20-21-15-9-5-7-11-17(15)27-20/h4-12H,1-3H3/b14-12+. The van der Waals surface area contributed by atoms with Crippen molar-refractivity contribution in [1.29, 1.82) is 0 Å². The molecule has 0 aliphatic carbocycles. The van der Waals surface area contributed by atoms with Crippen molar-refractivity contribution in [3.8, 4) is 5.75 Å². The summed E-state index contributed by atoms with van der Waals surface area (Å²) in [6.45, 7) is 0. The van der Waals surface area contributed by atoms with E-state index in [1.165, 1.54) is 16.3 Å². The number of thiazole rings is 1. The number of benzene rings is 2. The molecule has 1 aliphatic heterocycles. The summed E-state index contributed by atoms with van der Waals surface area (Å²) >= 11 is 1.44. The second-order valence-electron chi connectivity index (χ2n) is 6.24. The van der Waals surface area contributed by atoms with Gasteiger partial charge in [0.15, 0.2) is 0 Å². The first-order chi connectivity index (χ1) is 13.1. The van der Waals surface area contributed by atoms with Crippen molar-refractivity contribution in [2.45, 2.75) is 0 Å². The maximum Gasteiger partial charge on any atom is 0.284 e. The highest BCUT2D eigenvalue weighted by molar-refractivity contribution is 7.22. The number of para-hydroxylation sites is 2. The Balaban J connectivity index is 1.86. The van der Waals surface area contributed by atoms with E-state index in [0.717, 1.165) is 15.8 Å². The highest BCUT2D eigenvalue weighted by atomic mass is 32.1. The lowest BCUT2D eigenvalue weighted by Crippen LogP contribution is -2.22. The molecule has 0 radical (unpaired) electrons. The van der Waals surface area contributed by atoms with E-state index in [2.05, 4.69) is 10.1 Å². The fourth-order valence-electron chi connectivity index (χ4n) is 2.91. The number of rotatable bonds is 4. The van der Waals surface area contributed by atoms with Crippen molar-refractivity contribution >= 4 is 38.3 Å². The number of methoxy groups -OCH3 is 1. The number of hydrazone groups is 1. The van der Waals surface area contributed by atoms with Gasteiger partial charge in [-0.1, -0.05) is 35.6 Å². The summed E-state index contributed by atoms with van der Waals surface area (Å²) in [7, 11) is 5.36. The summed E-state index contributed by atoms with van der Waals surface area (Å²) in [6, 6.07) is 15.3. The van der Waals surface area contributed by atoms with Crippen LogP contribution in [0.2, 0.25) is 0 Å². The number of aromatic nitrogens is 1. The van der Waals surface area contributed by atoms with Gasteiger partial charge in [0, 0.05) is 25.9 Å². The Labute approximate surface area is 161 Å². The minimum atomic E-state index is -0.205. The number of ether oxygens (including phenoxy) is 1. The zero-order valence-electron chi connectivity index (χ0n) is 15.2. The van der Waals surface area contributed by atoms with E-state index in [1.807, 2.05) is 67.5 Å². The van der Waals surface area contributed by atoms with Crippen LogP contribution in [0.4, 0.5) is 5.13 Å².